The van der Waals surface area contributed by atoms with Gasteiger partial charge in [-0.15, -0.1) is 0 Å². The summed E-state index contributed by atoms with van der Waals surface area (Å²) in [4.78, 5) is 0. The minimum Gasteiger partial charge on any atom is -0.328 e. The first kappa shape index (κ1) is 11.3. The summed E-state index contributed by atoms with van der Waals surface area (Å²) in [5.41, 5.74) is 9.43. The Morgan fingerprint density at radius 1 is 1.12 bits per heavy atom. The molecule has 2 atom stereocenters. The molecule has 0 saturated heterocycles. The molecule has 2 fully saturated rings. The molecule has 2 aliphatic carbocycles. The topological polar surface area (TPSA) is 26.0 Å². The fraction of sp³-hybridized carbons (Fsp3) is 0.625. The van der Waals surface area contributed by atoms with E-state index in [1.54, 1.807) is 5.56 Å². The molecular weight excluding hydrogens is 206 g/mol. The summed E-state index contributed by atoms with van der Waals surface area (Å²) in [6.45, 7) is 2.37. The van der Waals surface area contributed by atoms with Crippen molar-refractivity contribution in [3.05, 3.63) is 35.4 Å². The number of nitrogens with two attached hydrogens (primary N) is 1. The van der Waals surface area contributed by atoms with Gasteiger partial charge in [-0.2, -0.15) is 0 Å². The Kier molecular flexibility index (Phi) is 2.74. The van der Waals surface area contributed by atoms with Crippen LogP contribution >= 0.6 is 0 Å². The first-order valence-electron chi connectivity index (χ1n) is 7.03. The maximum Gasteiger partial charge on any atom is 0.00475 e. The Labute approximate surface area is 104 Å². The van der Waals surface area contributed by atoms with Crippen molar-refractivity contribution < 1.29 is 0 Å². The van der Waals surface area contributed by atoms with Gasteiger partial charge < -0.3 is 5.73 Å². The molecule has 3 rings (SSSR count). The van der Waals surface area contributed by atoms with E-state index < -0.39 is 0 Å². The van der Waals surface area contributed by atoms with Gasteiger partial charge in [0.1, 0.15) is 0 Å². The lowest BCUT2D eigenvalue weighted by atomic mass is 9.77. The molecule has 2 unspecified atom stereocenters. The molecule has 17 heavy (non-hydrogen) atoms. The fourth-order valence-electron chi connectivity index (χ4n) is 3.45. The number of rotatable bonds is 2. The lowest BCUT2D eigenvalue weighted by Crippen LogP contribution is -2.22. The van der Waals surface area contributed by atoms with Gasteiger partial charge in [0, 0.05) is 6.04 Å². The van der Waals surface area contributed by atoms with Gasteiger partial charge in [0.15, 0.2) is 0 Å². The number of benzene rings is 1. The number of hydrogen-bond acceptors (Lipinski definition) is 1. The van der Waals surface area contributed by atoms with Crippen LogP contribution in [0.3, 0.4) is 0 Å². The van der Waals surface area contributed by atoms with E-state index in [1.165, 1.54) is 37.7 Å². The van der Waals surface area contributed by atoms with Crippen LogP contribution < -0.4 is 5.73 Å². The van der Waals surface area contributed by atoms with E-state index in [0.29, 0.717) is 11.5 Å². The summed E-state index contributed by atoms with van der Waals surface area (Å²) in [6.07, 6.45) is 7.77. The molecule has 0 aliphatic heterocycles. The average molecular weight is 229 g/mol. The van der Waals surface area contributed by atoms with Gasteiger partial charge in [-0.3, -0.25) is 0 Å². The molecule has 0 radical (unpaired) electrons. The van der Waals surface area contributed by atoms with Gasteiger partial charge in [0.05, 0.1) is 0 Å². The molecule has 0 aromatic heterocycles. The van der Waals surface area contributed by atoms with Crippen molar-refractivity contribution >= 4 is 0 Å². The van der Waals surface area contributed by atoms with Crippen LogP contribution in [0.1, 0.15) is 62.5 Å². The van der Waals surface area contributed by atoms with Crippen LogP contribution in [-0.4, -0.2) is 6.04 Å². The van der Waals surface area contributed by atoms with Gasteiger partial charge in [-0.25, -0.2) is 0 Å². The molecule has 1 nitrogen and oxygen atoms in total. The van der Waals surface area contributed by atoms with E-state index in [2.05, 4.69) is 31.2 Å². The SMILES string of the molecule is CC1(c2ccc(C3CCC3)cc2)CCC(N)C1. The molecule has 1 aromatic carbocycles. The molecule has 2 aliphatic rings. The first-order chi connectivity index (χ1) is 8.17. The normalized spacial score (nSPS) is 33.6. The monoisotopic (exact) mass is 229 g/mol. The second kappa shape index (κ2) is 4.13. The van der Waals surface area contributed by atoms with Crippen molar-refractivity contribution in [2.45, 2.75) is 62.8 Å². The molecule has 0 heterocycles. The average Bonchev–Trinajstić information content (AvgIpc) is 2.58. The molecular formula is C16H23N. The van der Waals surface area contributed by atoms with E-state index in [1.807, 2.05) is 0 Å². The zero-order valence-corrected chi connectivity index (χ0v) is 10.8. The second-order valence-corrected chi connectivity index (χ2v) is 6.31. The zero-order valence-electron chi connectivity index (χ0n) is 10.8. The zero-order chi connectivity index (χ0) is 11.9. The van der Waals surface area contributed by atoms with Crippen molar-refractivity contribution in [1.29, 1.82) is 0 Å². The van der Waals surface area contributed by atoms with Gasteiger partial charge in [-0.05, 0) is 54.6 Å². The van der Waals surface area contributed by atoms with Crippen molar-refractivity contribution in [2.24, 2.45) is 5.73 Å². The minimum absolute atomic E-state index is 0.331. The molecule has 1 heteroatoms. The van der Waals surface area contributed by atoms with E-state index in [0.717, 1.165) is 12.3 Å². The third-order valence-electron chi connectivity index (χ3n) is 4.96. The molecule has 2 N–H and O–H groups in total. The fourth-order valence-corrected chi connectivity index (χ4v) is 3.45. The Morgan fingerprint density at radius 2 is 1.82 bits per heavy atom. The maximum absolute atomic E-state index is 6.06. The Balaban J connectivity index is 1.79. The Morgan fingerprint density at radius 3 is 2.29 bits per heavy atom. The van der Waals surface area contributed by atoms with Crippen molar-refractivity contribution in [1.82, 2.24) is 0 Å². The van der Waals surface area contributed by atoms with E-state index in [9.17, 15) is 0 Å². The molecule has 0 spiro atoms. The summed E-state index contributed by atoms with van der Waals surface area (Å²) >= 11 is 0. The highest BCUT2D eigenvalue weighted by atomic mass is 14.7. The highest BCUT2D eigenvalue weighted by Crippen LogP contribution is 2.41. The summed E-state index contributed by atoms with van der Waals surface area (Å²) in [5, 5.41) is 0. The standard InChI is InChI=1S/C16H23N/c1-16(10-9-15(17)11-16)14-7-5-13(6-8-14)12-3-2-4-12/h5-8,12,15H,2-4,9-11,17H2,1H3. The lowest BCUT2D eigenvalue weighted by Gasteiger charge is -2.28. The van der Waals surface area contributed by atoms with Gasteiger partial charge in [0.25, 0.3) is 0 Å². The smallest absolute Gasteiger partial charge is 0.00475 e. The highest BCUT2D eigenvalue weighted by molar-refractivity contribution is 5.32. The third kappa shape index (κ3) is 2.01. The predicted molar refractivity (Wildman–Crippen MR) is 72.2 cm³/mol. The number of hydrogen-bond donors (Lipinski definition) is 1. The van der Waals surface area contributed by atoms with E-state index in [-0.39, 0.29) is 0 Å². The molecule has 2 saturated carbocycles. The van der Waals surface area contributed by atoms with Crippen LogP contribution in [0.5, 0.6) is 0 Å². The second-order valence-electron chi connectivity index (χ2n) is 6.31. The van der Waals surface area contributed by atoms with Crippen molar-refractivity contribution in [3.63, 3.8) is 0 Å². The van der Waals surface area contributed by atoms with Gasteiger partial charge >= 0.3 is 0 Å². The lowest BCUT2D eigenvalue weighted by molar-refractivity contribution is 0.419. The molecule has 0 bridgehead atoms. The van der Waals surface area contributed by atoms with E-state index >= 15 is 0 Å². The van der Waals surface area contributed by atoms with Crippen molar-refractivity contribution in [3.8, 4) is 0 Å². The van der Waals surface area contributed by atoms with E-state index in [4.69, 9.17) is 5.73 Å². The van der Waals surface area contributed by atoms with Crippen LogP contribution in [0, 0.1) is 0 Å². The minimum atomic E-state index is 0.331. The quantitative estimate of drug-likeness (QED) is 0.821. The first-order valence-corrected chi connectivity index (χ1v) is 7.03. The highest BCUT2D eigenvalue weighted by Gasteiger charge is 2.34. The predicted octanol–water partition coefficient (Wildman–Crippen LogP) is 3.72. The summed E-state index contributed by atoms with van der Waals surface area (Å²) in [5.74, 6) is 0.850. The summed E-state index contributed by atoms with van der Waals surface area (Å²) in [6, 6.07) is 9.83. The third-order valence-corrected chi connectivity index (χ3v) is 4.96. The van der Waals surface area contributed by atoms with Gasteiger partial charge in [-0.1, -0.05) is 37.6 Å². The van der Waals surface area contributed by atoms with Crippen molar-refractivity contribution in [2.75, 3.05) is 0 Å². The molecule has 1 aromatic rings. The van der Waals surface area contributed by atoms with Gasteiger partial charge in [0.2, 0.25) is 0 Å². The van der Waals surface area contributed by atoms with Crippen LogP contribution in [0.4, 0.5) is 0 Å². The summed E-state index contributed by atoms with van der Waals surface area (Å²) in [7, 11) is 0. The van der Waals surface area contributed by atoms with Crippen LogP contribution in [0.2, 0.25) is 0 Å². The Hall–Kier alpha value is -0.820. The Bertz CT molecular complexity index is 390. The molecule has 92 valence electrons. The largest absolute Gasteiger partial charge is 0.328 e. The maximum atomic E-state index is 6.06. The van der Waals surface area contributed by atoms with Crippen LogP contribution in [-0.2, 0) is 5.41 Å². The van der Waals surface area contributed by atoms with Crippen LogP contribution in [0.25, 0.3) is 0 Å². The molecule has 0 amide bonds. The van der Waals surface area contributed by atoms with Crippen LogP contribution in [0.15, 0.2) is 24.3 Å². The summed E-state index contributed by atoms with van der Waals surface area (Å²) < 4.78 is 0.